The Balaban J connectivity index is 1.58. The van der Waals surface area contributed by atoms with Crippen LogP contribution in [0.25, 0.3) is 0 Å². The normalized spacial score (nSPS) is 28.5. The van der Waals surface area contributed by atoms with Crippen LogP contribution in [-0.2, 0) is 11.3 Å². The molecule has 2 atom stereocenters. The van der Waals surface area contributed by atoms with E-state index in [0.717, 1.165) is 25.5 Å². The molecule has 2 fully saturated rings. The first-order valence-electron chi connectivity index (χ1n) is 6.77. The number of benzene rings is 1. The fourth-order valence-corrected chi connectivity index (χ4v) is 2.62. The minimum Gasteiger partial charge on any atom is -0.377 e. The number of rotatable bonds is 4. The molecule has 1 aromatic carbocycles. The van der Waals surface area contributed by atoms with Crippen molar-refractivity contribution in [3.63, 3.8) is 0 Å². The van der Waals surface area contributed by atoms with Gasteiger partial charge in [0.15, 0.2) is 0 Å². The maximum Gasteiger partial charge on any atom is 0.0700 e. The maximum absolute atomic E-state index is 5.56. The average Bonchev–Trinajstić information content (AvgIpc) is 3.12. The second-order valence-corrected chi connectivity index (χ2v) is 5.37. The van der Waals surface area contributed by atoms with Crippen molar-refractivity contribution >= 4 is 0 Å². The molecule has 1 N–H and O–H groups in total. The van der Waals surface area contributed by atoms with E-state index in [-0.39, 0.29) is 0 Å². The highest BCUT2D eigenvalue weighted by atomic mass is 16.5. The Kier molecular flexibility index (Phi) is 3.17. The van der Waals surface area contributed by atoms with Gasteiger partial charge in [-0.25, -0.2) is 0 Å². The number of ether oxygens (including phenoxy) is 1. The predicted octanol–water partition coefficient (Wildman–Crippen LogP) is 2.83. The summed E-state index contributed by atoms with van der Waals surface area (Å²) in [5.41, 5.74) is 2.94. The minimum absolute atomic E-state index is 0.363. The molecule has 0 bridgehead atoms. The van der Waals surface area contributed by atoms with Crippen LogP contribution in [0.5, 0.6) is 0 Å². The van der Waals surface area contributed by atoms with Crippen molar-refractivity contribution in [1.82, 2.24) is 5.32 Å². The smallest absolute Gasteiger partial charge is 0.0700 e. The van der Waals surface area contributed by atoms with E-state index in [9.17, 15) is 0 Å². The molecule has 2 nitrogen and oxygen atoms in total. The quantitative estimate of drug-likeness (QED) is 0.860. The highest BCUT2D eigenvalue weighted by Gasteiger charge is 2.24. The van der Waals surface area contributed by atoms with Gasteiger partial charge in [-0.2, -0.15) is 0 Å². The Labute approximate surface area is 103 Å². The van der Waals surface area contributed by atoms with Gasteiger partial charge in [0.1, 0.15) is 0 Å². The van der Waals surface area contributed by atoms with E-state index in [2.05, 4.69) is 36.5 Å². The van der Waals surface area contributed by atoms with Crippen molar-refractivity contribution in [3.8, 4) is 0 Å². The third-order valence-corrected chi connectivity index (χ3v) is 3.94. The van der Waals surface area contributed by atoms with Gasteiger partial charge in [0, 0.05) is 19.2 Å². The molecule has 2 unspecified atom stereocenters. The second-order valence-electron chi connectivity index (χ2n) is 5.37. The minimum atomic E-state index is 0.363. The highest BCUT2D eigenvalue weighted by molar-refractivity contribution is 5.29. The molecule has 17 heavy (non-hydrogen) atoms. The van der Waals surface area contributed by atoms with Gasteiger partial charge in [0.2, 0.25) is 0 Å². The van der Waals surface area contributed by atoms with Gasteiger partial charge < -0.3 is 10.1 Å². The van der Waals surface area contributed by atoms with Gasteiger partial charge in [-0.3, -0.25) is 0 Å². The first kappa shape index (κ1) is 11.2. The van der Waals surface area contributed by atoms with Crippen LogP contribution in [0.15, 0.2) is 24.3 Å². The van der Waals surface area contributed by atoms with Crippen molar-refractivity contribution in [2.75, 3.05) is 6.61 Å². The Bertz CT molecular complexity index is 386. The summed E-state index contributed by atoms with van der Waals surface area (Å²) in [6.45, 7) is 4.03. The van der Waals surface area contributed by atoms with Crippen molar-refractivity contribution in [2.45, 2.75) is 50.8 Å². The van der Waals surface area contributed by atoms with Gasteiger partial charge >= 0.3 is 0 Å². The molecule has 92 valence electrons. The van der Waals surface area contributed by atoms with E-state index in [1.54, 1.807) is 0 Å². The molecule has 1 aromatic rings. The van der Waals surface area contributed by atoms with Crippen LogP contribution < -0.4 is 5.32 Å². The molecule has 0 aromatic heterocycles. The van der Waals surface area contributed by atoms with Crippen LogP contribution in [0.3, 0.4) is 0 Å². The van der Waals surface area contributed by atoms with Crippen molar-refractivity contribution in [2.24, 2.45) is 0 Å². The number of hydrogen-bond donors (Lipinski definition) is 1. The molecule has 0 radical (unpaired) electrons. The fraction of sp³-hybridized carbons (Fsp3) is 0.600. The SMILES string of the molecule is CC1OCCC1NCc1cccc(C2CC2)c1. The van der Waals surface area contributed by atoms with Gasteiger partial charge in [-0.15, -0.1) is 0 Å². The van der Waals surface area contributed by atoms with Gasteiger partial charge in [-0.05, 0) is 43.2 Å². The van der Waals surface area contributed by atoms with Gasteiger partial charge in [-0.1, -0.05) is 24.3 Å². The number of nitrogens with one attached hydrogen (secondary N) is 1. The zero-order chi connectivity index (χ0) is 11.7. The molecule has 1 heterocycles. The van der Waals surface area contributed by atoms with Crippen molar-refractivity contribution in [1.29, 1.82) is 0 Å². The molecule has 1 saturated carbocycles. The molecule has 3 rings (SSSR count). The maximum atomic E-state index is 5.56. The number of hydrogen-bond acceptors (Lipinski definition) is 2. The molecular weight excluding hydrogens is 210 g/mol. The third-order valence-electron chi connectivity index (χ3n) is 3.94. The first-order chi connectivity index (χ1) is 8.33. The van der Waals surface area contributed by atoms with E-state index in [1.807, 2.05) is 0 Å². The molecule has 1 aliphatic heterocycles. The van der Waals surface area contributed by atoms with Crippen molar-refractivity contribution < 1.29 is 4.74 Å². The molecule has 1 aliphatic carbocycles. The molecule has 2 heteroatoms. The largest absolute Gasteiger partial charge is 0.377 e. The molecule has 0 amide bonds. The van der Waals surface area contributed by atoms with Crippen LogP contribution >= 0.6 is 0 Å². The summed E-state index contributed by atoms with van der Waals surface area (Å²) in [6.07, 6.45) is 4.26. The van der Waals surface area contributed by atoms with Gasteiger partial charge in [0.05, 0.1) is 6.10 Å². The summed E-state index contributed by atoms with van der Waals surface area (Å²) in [5.74, 6) is 0.851. The van der Waals surface area contributed by atoms with E-state index in [0.29, 0.717) is 12.1 Å². The summed E-state index contributed by atoms with van der Waals surface area (Å²) in [5, 5.41) is 3.61. The van der Waals surface area contributed by atoms with Crippen molar-refractivity contribution in [3.05, 3.63) is 35.4 Å². The Morgan fingerprint density at radius 2 is 2.18 bits per heavy atom. The Hall–Kier alpha value is -0.860. The van der Waals surface area contributed by atoms with Crippen LogP contribution in [0.2, 0.25) is 0 Å². The topological polar surface area (TPSA) is 21.3 Å². The van der Waals surface area contributed by atoms with E-state index in [4.69, 9.17) is 4.74 Å². The van der Waals surface area contributed by atoms with E-state index >= 15 is 0 Å². The standard InChI is InChI=1S/C15H21NO/c1-11-15(7-8-17-11)16-10-12-3-2-4-14(9-12)13-5-6-13/h2-4,9,11,13,15-16H,5-8,10H2,1H3. The monoisotopic (exact) mass is 231 g/mol. The van der Waals surface area contributed by atoms with Crippen LogP contribution in [0.4, 0.5) is 0 Å². The zero-order valence-electron chi connectivity index (χ0n) is 10.5. The summed E-state index contributed by atoms with van der Waals surface area (Å²) >= 11 is 0. The van der Waals surface area contributed by atoms with E-state index < -0.39 is 0 Å². The Morgan fingerprint density at radius 1 is 1.29 bits per heavy atom. The third kappa shape index (κ3) is 2.70. The molecule has 0 spiro atoms. The lowest BCUT2D eigenvalue weighted by Crippen LogP contribution is -2.34. The summed E-state index contributed by atoms with van der Waals surface area (Å²) in [6, 6.07) is 9.58. The van der Waals surface area contributed by atoms with Crippen LogP contribution in [0, 0.1) is 0 Å². The lowest BCUT2D eigenvalue weighted by atomic mass is 10.1. The van der Waals surface area contributed by atoms with Crippen LogP contribution in [-0.4, -0.2) is 18.8 Å². The average molecular weight is 231 g/mol. The first-order valence-corrected chi connectivity index (χ1v) is 6.77. The fourth-order valence-electron chi connectivity index (χ4n) is 2.62. The predicted molar refractivity (Wildman–Crippen MR) is 69.1 cm³/mol. The lowest BCUT2D eigenvalue weighted by molar-refractivity contribution is 0.113. The summed E-state index contributed by atoms with van der Waals surface area (Å²) in [7, 11) is 0. The lowest BCUT2D eigenvalue weighted by Gasteiger charge is -2.16. The van der Waals surface area contributed by atoms with Crippen LogP contribution in [0.1, 0.15) is 43.2 Å². The molecular formula is C15H21NO. The van der Waals surface area contributed by atoms with E-state index in [1.165, 1.54) is 24.0 Å². The Morgan fingerprint density at radius 3 is 2.88 bits per heavy atom. The molecule has 2 aliphatic rings. The zero-order valence-corrected chi connectivity index (χ0v) is 10.5. The molecule has 1 saturated heterocycles. The summed E-state index contributed by atoms with van der Waals surface area (Å²) in [4.78, 5) is 0. The summed E-state index contributed by atoms with van der Waals surface area (Å²) < 4.78 is 5.56. The second kappa shape index (κ2) is 4.79. The highest BCUT2D eigenvalue weighted by Crippen LogP contribution is 2.40. The van der Waals surface area contributed by atoms with Gasteiger partial charge in [0.25, 0.3) is 0 Å².